The number of hydrogen-bond donors (Lipinski definition) is 4. The number of carbonyl (C=O) groups is 3. The van der Waals surface area contributed by atoms with Crippen molar-refractivity contribution in [2.24, 2.45) is 11.8 Å². The molecule has 3 fully saturated rings. The highest BCUT2D eigenvalue weighted by Crippen LogP contribution is 2.48. The van der Waals surface area contributed by atoms with Crippen molar-refractivity contribution in [3.63, 3.8) is 0 Å². The first-order chi connectivity index (χ1) is 22.4. The van der Waals surface area contributed by atoms with E-state index in [0.29, 0.717) is 23.8 Å². The number of aliphatic hydroxyl groups is 1. The van der Waals surface area contributed by atoms with E-state index in [1.807, 2.05) is 60.7 Å². The van der Waals surface area contributed by atoms with E-state index in [0.717, 1.165) is 60.8 Å². The van der Waals surface area contributed by atoms with Crippen LogP contribution in [0.2, 0.25) is 0 Å². The van der Waals surface area contributed by atoms with Gasteiger partial charge in [-0.15, -0.1) is 10.2 Å². The van der Waals surface area contributed by atoms with Crippen LogP contribution in [0.3, 0.4) is 0 Å². The molecule has 248 valence electrons. The third-order valence-corrected chi connectivity index (χ3v) is 9.99. The third-order valence-electron chi connectivity index (χ3n) is 9.99. The molecule has 0 atom stereocenters. The lowest BCUT2D eigenvalue weighted by molar-refractivity contribution is -0.138. The molecular formula is C37H45N5O5. The summed E-state index contributed by atoms with van der Waals surface area (Å²) in [4.78, 5) is 39.7. The Morgan fingerprint density at radius 2 is 1.57 bits per heavy atom. The fraction of sp³-hybridized carbons (Fsp3) is 0.486. The molecule has 3 aliphatic carbocycles. The van der Waals surface area contributed by atoms with Crippen molar-refractivity contribution in [3.8, 4) is 22.4 Å². The number of rotatable bonds is 10. The van der Waals surface area contributed by atoms with Crippen LogP contribution in [0.1, 0.15) is 84.1 Å². The van der Waals surface area contributed by atoms with E-state index in [1.165, 1.54) is 0 Å². The van der Waals surface area contributed by atoms with Crippen molar-refractivity contribution in [2.45, 2.75) is 102 Å². The lowest BCUT2D eigenvalue weighted by atomic mass is 9.62. The SMILES string of the molecule is CC(C)N(C(=O)C1CC1)[C@H]1CC[C@H](CC(=O)Nc2cc(-c3ccccc3)c(-c3ccc([C@]4(NC(=O)O)C[C@@](C)(O)C4)cc3)nn2)CC1. The molecule has 47 heavy (non-hydrogen) atoms. The van der Waals surface area contributed by atoms with Gasteiger partial charge in [-0.05, 0) is 82.4 Å². The van der Waals surface area contributed by atoms with Gasteiger partial charge in [0.15, 0.2) is 5.82 Å². The van der Waals surface area contributed by atoms with Gasteiger partial charge in [0.1, 0.15) is 5.69 Å². The fourth-order valence-corrected chi connectivity index (χ4v) is 7.75. The summed E-state index contributed by atoms with van der Waals surface area (Å²) >= 11 is 0. The first-order valence-corrected chi connectivity index (χ1v) is 16.8. The molecule has 0 saturated heterocycles. The smallest absolute Gasteiger partial charge is 0.405 e. The van der Waals surface area contributed by atoms with E-state index in [1.54, 1.807) is 6.92 Å². The highest BCUT2D eigenvalue weighted by atomic mass is 16.4. The molecule has 0 spiro atoms. The van der Waals surface area contributed by atoms with Crippen LogP contribution in [0.5, 0.6) is 0 Å². The van der Waals surface area contributed by atoms with Crippen molar-refractivity contribution in [1.82, 2.24) is 20.4 Å². The minimum absolute atomic E-state index is 0.0961. The standard InChI is InChI=1S/C37H45N5O5/c1-23(2)42(34(44)27-11-12-27)29-17-9-24(10-18-29)19-32(43)38-31-20-30(25-7-5-4-6-8-25)33(41-40-31)26-13-15-28(16-14-26)37(39-35(45)46)21-36(3,47)22-37/h4-8,13-16,20,23-24,27,29,39,47H,9-12,17-19,21-22H2,1-3H3,(H,45,46)(H,38,40,43)/t24-,29-,36-,37+. The lowest BCUT2D eigenvalue weighted by Crippen LogP contribution is -2.61. The Kier molecular flexibility index (Phi) is 9.07. The van der Waals surface area contributed by atoms with Crippen LogP contribution in [0, 0.1) is 11.8 Å². The zero-order valence-corrected chi connectivity index (χ0v) is 27.4. The van der Waals surface area contributed by atoms with Crippen LogP contribution in [-0.2, 0) is 15.1 Å². The Labute approximate surface area is 276 Å². The molecule has 3 amide bonds. The van der Waals surface area contributed by atoms with Crippen molar-refractivity contribution < 1.29 is 24.6 Å². The van der Waals surface area contributed by atoms with E-state index in [9.17, 15) is 24.6 Å². The van der Waals surface area contributed by atoms with Gasteiger partial charge in [-0.25, -0.2) is 4.79 Å². The van der Waals surface area contributed by atoms with Crippen molar-refractivity contribution in [3.05, 3.63) is 66.2 Å². The maximum Gasteiger partial charge on any atom is 0.405 e. The molecule has 0 radical (unpaired) electrons. The Bertz CT molecular complexity index is 1600. The number of aromatic nitrogens is 2. The average molecular weight is 640 g/mol. The first kappa shape index (κ1) is 32.6. The van der Waals surface area contributed by atoms with Gasteiger partial charge < -0.3 is 25.7 Å². The molecule has 0 bridgehead atoms. The molecule has 1 heterocycles. The number of anilines is 1. The second-order valence-electron chi connectivity index (χ2n) is 14.3. The highest BCUT2D eigenvalue weighted by molar-refractivity contribution is 5.91. The topological polar surface area (TPSA) is 145 Å². The quantitative estimate of drug-likeness (QED) is 0.202. The van der Waals surface area contributed by atoms with Crippen LogP contribution in [0.15, 0.2) is 60.7 Å². The number of nitrogens with zero attached hydrogens (tertiary/aromatic N) is 3. The van der Waals surface area contributed by atoms with Gasteiger partial charge in [0.25, 0.3) is 0 Å². The molecule has 10 nitrogen and oxygen atoms in total. The number of carbonyl (C=O) groups excluding carboxylic acids is 2. The first-order valence-electron chi connectivity index (χ1n) is 16.8. The van der Waals surface area contributed by atoms with Gasteiger partial charge in [0.2, 0.25) is 11.8 Å². The summed E-state index contributed by atoms with van der Waals surface area (Å²) in [6.45, 7) is 5.90. The van der Waals surface area contributed by atoms with E-state index in [4.69, 9.17) is 0 Å². The minimum Gasteiger partial charge on any atom is -0.465 e. The second-order valence-corrected chi connectivity index (χ2v) is 14.3. The molecule has 6 rings (SSSR count). The van der Waals surface area contributed by atoms with Crippen molar-refractivity contribution in [2.75, 3.05) is 5.32 Å². The normalized spacial score (nSPS) is 25.5. The maximum atomic E-state index is 13.2. The molecule has 1 aromatic heterocycles. The van der Waals surface area contributed by atoms with Crippen molar-refractivity contribution >= 4 is 23.7 Å². The largest absolute Gasteiger partial charge is 0.465 e. The average Bonchev–Trinajstić information content (AvgIpc) is 3.87. The number of carboxylic acid groups (broad SMARTS) is 1. The van der Waals surface area contributed by atoms with Crippen LogP contribution in [0.25, 0.3) is 22.4 Å². The third kappa shape index (κ3) is 7.32. The van der Waals surface area contributed by atoms with E-state index >= 15 is 0 Å². The molecule has 10 heteroatoms. The summed E-state index contributed by atoms with van der Waals surface area (Å²) < 4.78 is 0. The molecule has 2 aromatic carbocycles. The number of hydrogen-bond acceptors (Lipinski definition) is 6. The maximum absolute atomic E-state index is 13.2. The van der Waals surface area contributed by atoms with Gasteiger partial charge in [0, 0.05) is 48.4 Å². The zero-order chi connectivity index (χ0) is 33.3. The number of nitrogens with one attached hydrogen (secondary N) is 2. The number of benzene rings is 2. The Morgan fingerprint density at radius 1 is 0.915 bits per heavy atom. The predicted molar refractivity (Wildman–Crippen MR) is 179 cm³/mol. The summed E-state index contributed by atoms with van der Waals surface area (Å²) in [5, 5.41) is 34.4. The molecule has 0 unspecified atom stereocenters. The molecule has 4 N–H and O–H groups in total. The molecule has 3 aliphatic rings. The van der Waals surface area contributed by atoms with Gasteiger partial charge >= 0.3 is 6.09 Å². The predicted octanol–water partition coefficient (Wildman–Crippen LogP) is 6.35. The van der Waals surface area contributed by atoms with E-state index in [2.05, 4.69) is 39.6 Å². The van der Waals surface area contributed by atoms with Crippen LogP contribution >= 0.6 is 0 Å². The molecular weight excluding hydrogens is 594 g/mol. The fourth-order valence-electron chi connectivity index (χ4n) is 7.75. The summed E-state index contributed by atoms with van der Waals surface area (Å²) in [6, 6.07) is 19.6. The van der Waals surface area contributed by atoms with Crippen LogP contribution in [0.4, 0.5) is 10.6 Å². The zero-order valence-electron chi connectivity index (χ0n) is 27.4. The Balaban J connectivity index is 1.14. The van der Waals surface area contributed by atoms with E-state index in [-0.39, 0.29) is 42.7 Å². The molecule has 3 saturated carbocycles. The van der Waals surface area contributed by atoms with Gasteiger partial charge in [0.05, 0.1) is 11.1 Å². The highest BCUT2D eigenvalue weighted by Gasteiger charge is 2.53. The summed E-state index contributed by atoms with van der Waals surface area (Å²) in [5.41, 5.74) is 2.15. The van der Waals surface area contributed by atoms with Gasteiger partial charge in [-0.2, -0.15) is 0 Å². The number of amides is 3. The monoisotopic (exact) mass is 639 g/mol. The van der Waals surface area contributed by atoms with Crippen molar-refractivity contribution in [1.29, 1.82) is 0 Å². The molecule has 0 aliphatic heterocycles. The summed E-state index contributed by atoms with van der Waals surface area (Å²) in [5.74, 6) is 1.06. The molecule has 3 aromatic rings. The lowest BCUT2D eigenvalue weighted by Gasteiger charge is -2.51. The van der Waals surface area contributed by atoms with Crippen LogP contribution in [-0.4, -0.2) is 60.9 Å². The minimum atomic E-state index is -1.13. The summed E-state index contributed by atoms with van der Waals surface area (Å²) in [7, 11) is 0. The Hall–Kier alpha value is -4.31. The Morgan fingerprint density at radius 3 is 2.15 bits per heavy atom. The van der Waals surface area contributed by atoms with Crippen LogP contribution < -0.4 is 10.6 Å². The second kappa shape index (κ2) is 13.1. The van der Waals surface area contributed by atoms with Gasteiger partial charge in [-0.1, -0.05) is 54.6 Å². The van der Waals surface area contributed by atoms with Gasteiger partial charge in [-0.3, -0.25) is 9.59 Å². The summed E-state index contributed by atoms with van der Waals surface area (Å²) in [6.07, 6.45) is 5.53. The van der Waals surface area contributed by atoms with E-state index < -0.39 is 17.2 Å².